The second-order valence-corrected chi connectivity index (χ2v) is 12.2. The Morgan fingerprint density at radius 1 is 1.06 bits per heavy atom. The standard InChI is InChI=1S/C22H38N3O6PS/c1-16(2)14-18(24-20(12-13-33(6)29)32(28,30-4)31-5)22(27)25-19(21(26)23-3)15-17-10-8-7-9-11-17/h7-11,16,18-20,24H,12-15H2,1-6H3,(H,23,26)(H,25,27)/t18-,19?,20-,33?/m0/s1. The molecule has 9 nitrogen and oxygen atoms in total. The van der Waals surface area contributed by atoms with Crippen LogP contribution in [0.25, 0.3) is 0 Å². The predicted molar refractivity (Wildman–Crippen MR) is 131 cm³/mol. The number of carbonyl (C=O) groups is 2. The smallest absolute Gasteiger partial charge is 0.346 e. The second kappa shape index (κ2) is 14.6. The van der Waals surface area contributed by atoms with E-state index in [1.807, 2.05) is 44.2 Å². The number of hydrogen-bond acceptors (Lipinski definition) is 7. The lowest BCUT2D eigenvalue weighted by Crippen LogP contribution is -2.55. The lowest BCUT2D eigenvalue weighted by molar-refractivity contribution is -0.130. The van der Waals surface area contributed by atoms with E-state index < -0.39 is 42.2 Å². The van der Waals surface area contributed by atoms with Crippen LogP contribution < -0.4 is 16.0 Å². The molecule has 1 aromatic rings. The molecule has 1 aromatic carbocycles. The fourth-order valence-electron chi connectivity index (χ4n) is 3.40. The van der Waals surface area contributed by atoms with Crippen molar-refractivity contribution in [2.24, 2.45) is 5.92 Å². The van der Waals surface area contributed by atoms with Crippen molar-refractivity contribution >= 4 is 30.2 Å². The van der Waals surface area contributed by atoms with Gasteiger partial charge < -0.3 is 19.7 Å². The van der Waals surface area contributed by atoms with Crippen molar-refractivity contribution in [2.75, 3.05) is 33.3 Å². The van der Waals surface area contributed by atoms with Gasteiger partial charge in [0.05, 0.1) is 6.04 Å². The summed E-state index contributed by atoms with van der Waals surface area (Å²) in [4.78, 5) is 25.8. The quantitative estimate of drug-likeness (QED) is 0.313. The SMILES string of the molecule is CNC(=O)C(Cc1ccccc1)NC(=O)[C@H](CC(C)C)N[C@H](CCS(C)=O)P(=O)(OC)OC. The molecule has 2 amide bonds. The zero-order valence-electron chi connectivity index (χ0n) is 20.3. The average molecular weight is 504 g/mol. The summed E-state index contributed by atoms with van der Waals surface area (Å²) in [5.74, 6) is -1.15. The minimum absolute atomic E-state index is 0.131. The molecule has 2 unspecified atom stereocenters. The topological polar surface area (TPSA) is 123 Å². The lowest BCUT2D eigenvalue weighted by atomic mass is 10.0. The summed E-state index contributed by atoms with van der Waals surface area (Å²) in [5, 5.41) is 8.55. The van der Waals surface area contributed by atoms with Crippen molar-refractivity contribution in [1.82, 2.24) is 16.0 Å². The number of likely N-dealkylation sites (N-methyl/N-ethyl adjacent to an activating group) is 1. The summed E-state index contributed by atoms with van der Waals surface area (Å²) in [7, 11) is -0.653. The van der Waals surface area contributed by atoms with Crippen molar-refractivity contribution in [2.45, 2.75) is 51.0 Å². The third kappa shape index (κ3) is 10.1. The molecule has 0 aromatic heterocycles. The molecular formula is C22H38N3O6PS. The summed E-state index contributed by atoms with van der Waals surface area (Å²) in [6, 6.07) is 7.86. The van der Waals surface area contributed by atoms with E-state index >= 15 is 0 Å². The highest BCUT2D eigenvalue weighted by molar-refractivity contribution is 7.84. The third-order valence-corrected chi connectivity index (χ3v) is 8.15. The molecule has 0 radical (unpaired) electrons. The Morgan fingerprint density at radius 3 is 2.15 bits per heavy atom. The van der Waals surface area contributed by atoms with Gasteiger partial charge in [-0.25, -0.2) is 0 Å². The zero-order chi connectivity index (χ0) is 25.0. The molecule has 33 heavy (non-hydrogen) atoms. The van der Waals surface area contributed by atoms with Gasteiger partial charge in [0.2, 0.25) is 11.8 Å². The van der Waals surface area contributed by atoms with Crippen LogP contribution in [0.1, 0.15) is 32.3 Å². The maximum Gasteiger partial charge on any atom is 0.346 e. The van der Waals surface area contributed by atoms with E-state index in [1.165, 1.54) is 21.3 Å². The summed E-state index contributed by atoms with van der Waals surface area (Å²) < 4.78 is 35.1. The highest BCUT2D eigenvalue weighted by Gasteiger charge is 2.37. The van der Waals surface area contributed by atoms with Crippen LogP contribution in [-0.2, 0) is 40.4 Å². The van der Waals surface area contributed by atoms with Gasteiger partial charge in [-0.3, -0.25) is 23.7 Å². The molecule has 1 rings (SSSR count). The Labute approximate surface area is 199 Å². The average Bonchev–Trinajstić information content (AvgIpc) is 2.79. The van der Waals surface area contributed by atoms with E-state index in [-0.39, 0.29) is 24.0 Å². The number of rotatable bonds is 15. The van der Waals surface area contributed by atoms with Gasteiger partial charge in [-0.2, -0.15) is 0 Å². The summed E-state index contributed by atoms with van der Waals surface area (Å²) in [6.45, 7) is 3.93. The van der Waals surface area contributed by atoms with Crippen molar-refractivity contribution < 1.29 is 27.4 Å². The molecule has 0 fully saturated rings. The van der Waals surface area contributed by atoms with Crippen LogP contribution in [0.3, 0.4) is 0 Å². The molecule has 0 spiro atoms. The molecule has 4 atom stereocenters. The molecule has 188 valence electrons. The Balaban J connectivity index is 3.13. The van der Waals surface area contributed by atoms with Gasteiger partial charge in [-0.1, -0.05) is 44.2 Å². The number of benzene rings is 1. The fourth-order valence-corrected chi connectivity index (χ4v) is 5.61. The summed E-state index contributed by atoms with van der Waals surface area (Å²) >= 11 is 0. The van der Waals surface area contributed by atoms with Crippen LogP contribution in [-0.4, -0.2) is 67.2 Å². The highest BCUT2D eigenvalue weighted by atomic mass is 32.2. The van der Waals surface area contributed by atoms with E-state index in [2.05, 4.69) is 16.0 Å². The van der Waals surface area contributed by atoms with E-state index in [1.54, 1.807) is 6.26 Å². The van der Waals surface area contributed by atoms with Gasteiger partial charge >= 0.3 is 7.60 Å². The molecule has 0 heterocycles. The summed E-state index contributed by atoms with van der Waals surface area (Å²) in [5.41, 5.74) is 0.909. The number of carbonyl (C=O) groups excluding carboxylic acids is 2. The molecular weight excluding hydrogens is 465 g/mol. The minimum Gasteiger partial charge on any atom is -0.357 e. The van der Waals surface area contributed by atoms with Gasteiger partial charge in [0.1, 0.15) is 11.8 Å². The zero-order valence-corrected chi connectivity index (χ0v) is 22.0. The van der Waals surface area contributed by atoms with Gasteiger partial charge in [0.15, 0.2) is 0 Å². The van der Waals surface area contributed by atoms with Crippen molar-refractivity contribution in [1.29, 1.82) is 0 Å². The molecule has 0 aliphatic heterocycles. The first-order valence-corrected chi connectivity index (χ1v) is 14.2. The maximum atomic E-state index is 13.3. The Hall–Kier alpha value is -1.58. The monoisotopic (exact) mass is 503 g/mol. The predicted octanol–water partition coefficient (Wildman–Crippen LogP) is 2.04. The third-order valence-electron chi connectivity index (χ3n) is 5.15. The first kappa shape index (κ1) is 29.5. The molecule has 11 heteroatoms. The first-order chi connectivity index (χ1) is 15.6. The molecule has 0 bridgehead atoms. The van der Waals surface area contributed by atoms with Crippen LogP contribution in [0.2, 0.25) is 0 Å². The van der Waals surface area contributed by atoms with Crippen molar-refractivity contribution in [3.63, 3.8) is 0 Å². The van der Waals surface area contributed by atoms with Gasteiger partial charge in [-0.05, 0) is 24.3 Å². The number of nitrogens with one attached hydrogen (secondary N) is 3. The molecule has 0 saturated heterocycles. The van der Waals surface area contributed by atoms with E-state index in [9.17, 15) is 18.4 Å². The van der Waals surface area contributed by atoms with Crippen molar-refractivity contribution in [3.8, 4) is 0 Å². The highest BCUT2D eigenvalue weighted by Crippen LogP contribution is 2.51. The fraction of sp³-hybridized carbons (Fsp3) is 0.636. The van der Waals surface area contributed by atoms with Crippen LogP contribution in [0, 0.1) is 5.92 Å². The molecule has 0 aliphatic rings. The van der Waals surface area contributed by atoms with Crippen LogP contribution in [0.4, 0.5) is 0 Å². The van der Waals surface area contributed by atoms with E-state index in [0.717, 1.165) is 5.56 Å². The Morgan fingerprint density at radius 2 is 1.67 bits per heavy atom. The summed E-state index contributed by atoms with van der Waals surface area (Å²) in [6.07, 6.45) is 2.54. The number of hydrogen-bond donors (Lipinski definition) is 3. The minimum atomic E-state index is -3.60. The van der Waals surface area contributed by atoms with Crippen LogP contribution in [0.15, 0.2) is 30.3 Å². The number of amides is 2. The second-order valence-electron chi connectivity index (χ2n) is 8.20. The Kier molecular flexibility index (Phi) is 13.1. The van der Waals surface area contributed by atoms with Crippen molar-refractivity contribution in [3.05, 3.63) is 35.9 Å². The maximum absolute atomic E-state index is 13.3. The normalized spacial score (nSPS) is 15.5. The van der Waals surface area contributed by atoms with Crippen LogP contribution in [0.5, 0.6) is 0 Å². The van der Waals surface area contributed by atoms with E-state index in [4.69, 9.17) is 9.05 Å². The largest absolute Gasteiger partial charge is 0.357 e. The lowest BCUT2D eigenvalue weighted by Gasteiger charge is -2.30. The van der Waals surface area contributed by atoms with Gasteiger partial charge in [0.25, 0.3) is 0 Å². The van der Waals surface area contributed by atoms with Gasteiger partial charge in [0, 0.05) is 50.5 Å². The first-order valence-electron chi connectivity index (χ1n) is 10.9. The van der Waals surface area contributed by atoms with Crippen LogP contribution >= 0.6 is 7.60 Å². The molecule has 0 saturated carbocycles. The van der Waals surface area contributed by atoms with Gasteiger partial charge in [-0.15, -0.1) is 0 Å². The molecule has 0 aliphatic carbocycles. The molecule has 3 N–H and O–H groups in total. The Bertz CT molecular complexity index is 816. The van der Waals surface area contributed by atoms with E-state index in [0.29, 0.717) is 12.8 Å².